The van der Waals surface area contributed by atoms with Crippen LogP contribution in [0.5, 0.6) is 0 Å². The average molecular weight is 399 g/mol. The van der Waals surface area contributed by atoms with Gasteiger partial charge in [-0.1, -0.05) is 17.7 Å². The summed E-state index contributed by atoms with van der Waals surface area (Å²) in [5.41, 5.74) is 1.19. The SMILES string of the molecule is Cc1ccc([S+]([O-])n2ccc3c(B4OC(C)(C)C(C)(C)O4)cc(F)cc32)cc1. The lowest BCUT2D eigenvalue weighted by atomic mass is 9.77. The van der Waals surface area contributed by atoms with E-state index < -0.39 is 35.5 Å². The summed E-state index contributed by atoms with van der Waals surface area (Å²) in [4.78, 5) is 0.657. The molecule has 0 aliphatic carbocycles. The molecule has 1 atom stereocenters. The van der Waals surface area contributed by atoms with Crippen LogP contribution < -0.4 is 5.46 Å². The molecule has 4 nitrogen and oxygen atoms in total. The topological polar surface area (TPSA) is 46.5 Å². The predicted octanol–water partition coefficient (Wildman–Crippen LogP) is 3.96. The molecule has 0 spiro atoms. The summed E-state index contributed by atoms with van der Waals surface area (Å²) in [5.74, 6) is -0.418. The number of halogens is 1. The molecule has 2 heterocycles. The Morgan fingerprint density at radius 1 is 1.00 bits per heavy atom. The molecule has 4 rings (SSSR count). The van der Waals surface area contributed by atoms with Crippen LogP contribution in [0.4, 0.5) is 4.39 Å². The number of benzene rings is 2. The van der Waals surface area contributed by atoms with Crippen molar-refractivity contribution in [3.8, 4) is 0 Å². The van der Waals surface area contributed by atoms with E-state index in [0.29, 0.717) is 15.9 Å². The fraction of sp³-hybridized carbons (Fsp3) is 0.333. The number of aromatic nitrogens is 1. The van der Waals surface area contributed by atoms with E-state index in [1.807, 2.05) is 65.0 Å². The highest BCUT2D eigenvalue weighted by Gasteiger charge is 2.52. The molecule has 1 saturated heterocycles. The molecule has 2 aromatic carbocycles. The Labute approximate surface area is 168 Å². The van der Waals surface area contributed by atoms with Gasteiger partial charge in [0.2, 0.25) is 0 Å². The lowest BCUT2D eigenvalue weighted by molar-refractivity contribution is 0.00578. The van der Waals surface area contributed by atoms with Gasteiger partial charge in [-0.25, -0.2) is 4.39 Å². The summed E-state index contributed by atoms with van der Waals surface area (Å²) in [6.07, 6.45) is 1.72. The Morgan fingerprint density at radius 2 is 1.61 bits per heavy atom. The third-order valence-corrected chi connectivity index (χ3v) is 7.03. The standard InChI is InChI=1S/C21H23BFNO3S/c1-14-6-8-16(9-7-14)28(25)24-11-10-17-18(12-15(23)13-19(17)24)22-26-20(2,3)21(4,5)27-22/h6-13H,1-5H3. The quantitative estimate of drug-likeness (QED) is 0.495. The Hall–Kier alpha value is -1.80. The number of fused-ring (bicyclic) bond motifs is 1. The lowest BCUT2D eigenvalue weighted by Crippen LogP contribution is -2.41. The summed E-state index contributed by atoms with van der Waals surface area (Å²) in [5, 5.41) is 0.764. The number of aryl methyl sites for hydroxylation is 1. The first-order chi connectivity index (χ1) is 13.1. The van der Waals surface area contributed by atoms with Crippen molar-refractivity contribution in [2.24, 2.45) is 0 Å². The first-order valence-corrected chi connectivity index (χ1v) is 10.3. The maximum Gasteiger partial charge on any atom is 0.495 e. The summed E-state index contributed by atoms with van der Waals surface area (Å²) in [6.45, 7) is 9.81. The van der Waals surface area contributed by atoms with E-state index in [4.69, 9.17) is 9.31 Å². The zero-order valence-corrected chi connectivity index (χ0v) is 17.5. The van der Waals surface area contributed by atoms with Gasteiger partial charge in [0.1, 0.15) is 22.7 Å². The van der Waals surface area contributed by atoms with Gasteiger partial charge in [0, 0.05) is 11.5 Å². The monoisotopic (exact) mass is 399 g/mol. The fourth-order valence-electron chi connectivity index (χ4n) is 3.29. The minimum atomic E-state index is -1.48. The van der Waals surface area contributed by atoms with Crippen molar-refractivity contribution < 1.29 is 18.3 Å². The van der Waals surface area contributed by atoms with Crippen molar-refractivity contribution in [2.75, 3.05) is 0 Å². The molecular weight excluding hydrogens is 376 g/mol. The van der Waals surface area contributed by atoms with Gasteiger partial charge in [-0.3, -0.25) is 0 Å². The van der Waals surface area contributed by atoms with Crippen LogP contribution in [0.25, 0.3) is 10.9 Å². The summed E-state index contributed by atoms with van der Waals surface area (Å²) in [7, 11) is -0.688. The van der Waals surface area contributed by atoms with Gasteiger partial charge in [0.25, 0.3) is 0 Å². The van der Waals surface area contributed by atoms with E-state index in [2.05, 4.69) is 0 Å². The number of nitrogens with zero attached hydrogens (tertiary/aromatic N) is 1. The van der Waals surface area contributed by atoms with E-state index in [9.17, 15) is 8.94 Å². The van der Waals surface area contributed by atoms with Crippen LogP contribution in [0.1, 0.15) is 33.3 Å². The Morgan fingerprint density at radius 3 is 2.21 bits per heavy atom. The van der Waals surface area contributed by atoms with Gasteiger partial charge in [-0.05, 0) is 64.3 Å². The molecule has 0 amide bonds. The molecule has 1 unspecified atom stereocenters. The maximum absolute atomic E-state index is 14.5. The highest BCUT2D eigenvalue weighted by molar-refractivity contribution is 7.90. The van der Waals surface area contributed by atoms with E-state index in [1.54, 1.807) is 10.2 Å². The molecular formula is C21H23BFNO3S. The van der Waals surface area contributed by atoms with Gasteiger partial charge < -0.3 is 13.9 Å². The third kappa shape index (κ3) is 3.16. The van der Waals surface area contributed by atoms with E-state index in [0.717, 1.165) is 10.9 Å². The molecule has 1 fully saturated rings. The number of hydrogen-bond donors (Lipinski definition) is 0. The van der Waals surface area contributed by atoms with Crippen molar-refractivity contribution in [3.63, 3.8) is 0 Å². The molecule has 0 N–H and O–H groups in total. The summed E-state index contributed by atoms with van der Waals surface area (Å²) in [6, 6.07) is 12.1. The van der Waals surface area contributed by atoms with Gasteiger partial charge in [-0.2, -0.15) is 3.97 Å². The Balaban J connectivity index is 1.78. The molecule has 0 bridgehead atoms. The van der Waals surface area contributed by atoms with Crippen LogP contribution in [0.15, 0.2) is 53.6 Å². The Bertz CT molecular complexity index is 1020. The maximum atomic E-state index is 14.5. The van der Waals surface area contributed by atoms with Gasteiger partial charge >= 0.3 is 7.12 Å². The van der Waals surface area contributed by atoms with Gasteiger partial charge in [0.05, 0.1) is 17.4 Å². The van der Waals surface area contributed by atoms with E-state index in [1.165, 1.54) is 12.1 Å². The highest BCUT2D eigenvalue weighted by atomic mass is 32.2. The normalized spacial score (nSPS) is 19.3. The third-order valence-electron chi connectivity index (χ3n) is 5.68. The van der Waals surface area contributed by atoms with Crippen LogP contribution >= 0.6 is 0 Å². The lowest BCUT2D eigenvalue weighted by Gasteiger charge is -2.32. The fourth-order valence-corrected chi connectivity index (χ4v) is 4.39. The van der Waals surface area contributed by atoms with Gasteiger partial charge in [0.15, 0.2) is 4.90 Å². The molecule has 1 aliphatic rings. The van der Waals surface area contributed by atoms with Crippen LogP contribution in [-0.4, -0.2) is 26.8 Å². The van der Waals surface area contributed by atoms with E-state index in [-0.39, 0.29) is 0 Å². The van der Waals surface area contributed by atoms with Crippen molar-refractivity contribution in [1.29, 1.82) is 0 Å². The molecule has 3 aromatic rings. The minimum Gasteiger partial charge on any atom is -0.587 e. The van der Waals surface area contributed by atoms with Crippen molar-refractivity contribution in [1.82, 2.24) is 3.97 Å². The van der Waals surface area contributed by atoms with Crippen LogP contribution in [0.2, 0.25) is 0 Å². The van der Waals surface area contributed by atoms with Crippen LogP contribution in [-0.2, 0) is 20.7 Å². The Kier molecular flexibility index (Phi) is 4.62. The second-order valence-corrected chi connectivity index (χ2v) is 9.58. The number of hydrogen-bond acceptors (Lipinski definition) is 3. The van der Waals surface area contributed by atoms with E-state index >= 15 is 0 Å². The molecule has 1 aliphatic heterocycles. The molecule has 0 saturated carbocycles. The van der Waals surface area contributed by atoms with Gasteiger partial charge in [-0.15, -0.1) is 0 Å². The van der Waals surface area contributed by atoms with Crippen molar-refractivity contribution in [2.45, 2.75) is 50.7 Å². The summed E-state index contributed by atoms with van der Waals surface area (Å²) >= 11 is -1.48. The van der Waals surface area contributed by atoms with Crippen molar-refractivity contribution in [3.05, 3.63) is 60.0 Å². The first kappa shape index (κ1) is 19.5. The average Bonchev–Trinajstić information content (AvgIpc) is 3.12. The smallest absolute Gasteiger partial charge is 0.495 e. The predicted molar refractivity (Wildman–Crippen MR) is 111 cm³/mol. The second-order valence-electron chi connectivity index (χ2n) is 8.22. The second kappa shape index (κ2) is 6.63. The van der Waals surface area contributed by atoms with Crippen LogP contribution in [0.3, 0.4) is 0 Å². The highest BCUT2D eigenvalue weighted by Crippen LogP contribution is 2.37. The summed E-state index contributed by atoms with van der Waals surface area (Å²) < 4.78 is 41.4. The molecule has 28 heavy (non-hydrogen) atoms. The zero-order chi connectivity index (χ0) is 20.3. The number of rotatable bonds is 3. The zero-order valence-electron chi connectivity index (χ0n) is 16.7. The molecule has 7 heteroatoms. The molecule has 146 valence electrons. The van der Waals surface area contributed by atoms with Crippen molar-refractivity contribution >= 4 is 34.8 Å². The molecule has 1 aromatic heterocycles. The minimum absolute atomic E-state index is 0.418. The molecule has 0 radical (unpaired) electrons. The largest absolute Gasteiger partial charge is 0.587 e. The first-order valence-electron chi connectivity index (χ1n) is 9.24. The van der Waals surface area contributed by atoms with Crippen LogP contribution in [0, 0.1) is 12.7 Å².